The van der Waals surface area contributed by atoms with Gasteiger partial charge in [-0.15, -0.1) is 0 Å². The van der Waals surface area contributed by atoms with Gasteiger partial charge in [0.25, 0.3) is 0 Å². The summed E-state index contributed by atoms with van der Waals surface area (Å²) in [4.78, 5) is 6.35. The third-order valence-corrected chi connectivity index (χ3v) is 3.03. The highest BCUT2D eigenvalue weighted by atomic mass is 19.3. The van der Waals surface area contributed by atoms with Crippen molar-refractivity contribution in [3.63, 3.8) is 0 Å². The molecule has 0 unspecified atom stereocenters. The summed E-state index contributed by atoms with van der Waals surface area (Å²) in [6, 6.07) is 4.92. The maximum atomic E-state index is 12.3. The summed E-state index contributed by atoms with van der Waals surface area (Å²) in [6.45, 7) is 1.52. The second-order valence-electron chi connectivity index (χ2n) is 4.57. The molecule has 0 radical (unpaired) electrons. The number of ether oxygens (including phenoxy) is 2. The predicted molar refractivity (Wildman–Crippen MR) is 76.0 cm³/mol. The predicted octanol–water partition coefficient (Wildman–Crippen LogP) is 2.08. The Morgan fingerprint density at radius 2 is 2.19 bits per heavy atom. The third-order valence-electron chi connectivity index (χ3n) is 3.03. The van der Waals surface area contributed by atoms with Gasteiger partial charge in [0.05, 0.1) is 13.2 Å². The molecule has 2 rings (SSSR count). The molecule has 1 aromatic rings. The van der Waals surface area contributed by atoms with E-state index in [1.54, 1.807) is 19.1 Å². The molecular formula is C14H19F2N3O2. The largest absolute Gasteiger partial charge is 0.490 e. The number of halogens is 2. The van der Waals surface area contributed by atoms with Crippen molar-refractivity contribution < 1.29 is 18.3 Å². The topological polar surface area (TPSA) is 46.1 Å². The average Bonchev–Trinajstić information content (AvgIpc) is 2.84. The van der Waals surface area contributed by atoms with E-state index in [1.165, 1.54) is 6.07 Å². The van der Waals surface area contributed by atoms with Crippen molar-refractivity contribution in [1.29, 1.82) is 0 Å². The molecule has 5 nitrogen and oxygen atoms in total. The van der Waals surface area contributed by atoms with Crippen LogP contribution in [0, 0.1) is 0 Å². The van der Waals surface area contributed by atoms with E-state index in [-0.39, 0.29) is 5.75 Å². The Hall–Kier alpha value is -2.05. The van der Waals surface area contributed by atoms with Gasteiger partial charge in [0, 0.05) is 20.1 Å². The number of rotatable bonds is 6. The number of likely N-dealkylation sites (N-methyl/N-ethyl adjacent to an activating group) is 1. The van der Waals surface area contributed by atoms with Crippen molar-refractivity contribution in [2.75, 3.05) is 26.7 Å². The minimum absolute atomic E-state index is 0.0472. The third kappa shape index (κ3) is 4.21. The molecule has 21 heavy (non-hydrogen) atoms. The summed E-state index contributed by atoms with van der Waals surface area (Å²) in [6.07, 6.45) is 0. The molecule has 116 valence electrons. The Bertz CT molecular complexity index is 509. The lowest BCUT2D eigenvalue weighted by Crippen LogP contribution is -2.35. The standard InChI is InChI=1S/C14H19F2N3O2/c1-3-20-12-8-10(4-5-11(12)21-13(15)16)9-18-14-17-6-7-19(14)2/h4-5,8,13H,3,6-7,9H2,1-2H3,(H,17,18). The Kier molecular flexibility index (Phi) is 5.19. The molecule has 0 atom stereocenters. The van der Waals surface area contributed by atoms with Crippen LogP contribution in [0.1, 0.15) is 12.5 Å². The van der Waals surface area contributed by atoms with E-state index in [0.29, 0.717) is 18.9 Å². The van der Waals surface area contributed by atoms with E-state index < -0.39 is 6.61 Å². The van der Waals surface area contributed by atoms with Crippen LogP contribution in [-0.2, 0) is 6.54 Å². The molecule has 0 aromatic heterocycles. The number of alkyl halides is 2. The van der Waals surface area contributed by atoms with Crippen LogP contribution in [-0.4, -0.2) is 44.2 Å². The van der Waals surface area contributed by atoms with Gasteiger partial charge in [-0.2, -0.15) is 8.78 Å². The van der Waals surface area contributed by atoms with Crippen molar-refractivity contribution in [1.82, 2.24) is 10.2 Å². The van der Waals surface area contributed by atoms with Crippen molar-refractivity contribution in [3.8, 4) is 11.5 Å². The maximum absolute atomic E-state index is 12.3. The van der Waals surface area contributed by atoms with Crippen LogP contribution >= 0.6 is 0 Å². The van der Waals surface area contributed by atoms with Crippen molar-refractivity contribution in [3.05, 3.63) is 23.8 Å². The molecule has 0 fully saturated rings. The van der Waals surface area contributed by atoms with Crippen LogP contribution in [0.25, 0.3) is 0 Å². The van der Waals surface area contributed by atoms with E-state index in [2.05, 4.69) is 15.0 Å². The Balaban J connectivity index is 2.04. The van der Waals surface area contributed by atoms with Crippen LogP contribution in [0.15, 0.2) is 23.2 Å². The average molecular weight is 299 g/mol. The minimum atomic E-state index is -2.87. The zero-order valence-electron chi connectivity index (χ0n) is 12.1. The van der Waals surface area contributed by atoms with Gasteiger partial charge in [-0.1, -0.05) is 6.07 Å². The van der Waals surface area contributed by atoms with Crippen LogP contribution in [0.4, 0.5) is 8.78 Å². The molecule has 1 heterocycles. The highest BCUT2D eigenvalue weighted by molar-refractivity contribution is 5.81. The summed E-state index contributed by atoms with van der Waals surface area (Å²) >= 11 is 0. The lowest BCUT2D eigenvalue weighted by atomic mass is 10.2. The van der Waals surface area contributed by atoms with Crippen LogP contribution in [0.3, 0.4) is 0 Å². The second-order valence-corrected chi connectivity index (χ2v) is 4.57. The summed E-state index contributed by atoms with van der Waals surface area (Å²) in [5, 5.41) is 3.21. The maximum Gasteiger partial charge on any atom is 0.387 e. The molecule has 1 aromatic carbocycles. The van der Waals surface area contributed by atoms with Crippen molar-refractivity contribution in [2.45, 2.75) is 20.1 Å². The lowest BCUT2D eigenvalue weighted by molar-refractivity contribution is -0.0514. The van der Waals surface area contributed by atoms with Crippen molar-refractivity contribution >= 4 is 5.96 Å². The first-order valence-electron chi connectivity index (χ1n) is 6.80. The summed E-state index contributed by atoms with van der Waals surface area (Å²) in [7, 11) is 1.96. The molecule has 0 spiro atoms. The molecule has 0 saturated carbocycles. The SMILES string of the molecule is CCOc1cc(CNC2=NCCN2C)ccc1OC(F)F. The Morgan fingerprint density at radius 1 is 1.38 bits per heavy atom. The molecular weight excluding hydrogens is 280 g/mol. The molecule has 1 aliphatic rings. The van der Waals surface area contributed by atoms with E-state index in [1.807, 2.05) is 11.9 Å². The summed E-state index contributed by atoms with van der Waals surface area (Å²) < 4.78 is 34.4. The highest BCUT2D eigenvalue weighted by Crippen LogP contribution is 2.29. The quantitative estimate of drug-likeness (QED) is 0.873. The fourth-order valence-electron chi connectivity index (χ4n) is 2.03. The zero-order chi connectivity index (χ0) is 15.2. The summed E-state index contributed by atoms with van der Waals surface area (Å²) in [5.74, 6) is 1.20. The second kappa shape index (κ2) is 7.10. The van der Waals surface area contributed by atoms with Gasteiger partial charge in [0.2, 0.25) is 0 Å². The van der Waals surface area contributed by atoms with Gasteiger partial charge in [-0.3, -0.25) is 4.99 Å². The minimum Gasteiger partial charge on any atom is -0.490 e. The van der Waals surface area contributed by atoms with E-state index in [4.69, 9.17) is 4.74 Å². The molecule has 0 aliphatic carbocycles. The van der Waals surface area contributed by atoms with E-state index >= 15 is 0 Å². The van der Waals surface area contributed by atoms with Crippen molar-refractivity contribution in [2.24, 2.45) is 4.99 Å². The molecule has 7 heteroatoms. The summed E-state index contributed by atoms with van der Waals surface area (Å²) in [5.41, 5.74) is 0.906. The first-order chi connectivity index (χ1) is 10.1. The van der Waals surface area contributed by atoms with Crippen LogP contribution in [0.5, 0.6) is 11.5 Å². The Labute approximate surface area is 122 Å². The van der Waals surface area contributed by atoms with Crippen LogP contribution in [0.2, 0.25) is 0 Å². The number of aliphatic imine (C=N–C) groups is 1. The van der Waals surface area contributed by atoms with E-state index in [0.717, 1.165) is 24.6 Å². The normalized spacial score (nSPS) is 14.3. The number of guanidine groups is 1. The number of hydrogen-bond donors (Lipinski definition) is 1. The monoisotopic (exact) mass is 299 g/mol. The van der Waals surface area contributed by atoms with E-state index in [9.17, 15) is 8.78 Å². The smallest absolute Gasteiger partial charge is 0.387 e. The fraction of sp³-hybridized carbons (Fsp3) is 0.500. The van der Waals surface area contributed by atoms with Gasteiger partial charge in [-0.05, 0) is 24.6 Å². The lowest BCUT2D eigenvalue weighted by Gasteiger charge is -2.16. The Morgan fingerprint density at radius 3 is 2.81 bits per heavy atom. The number of nitrogens with zero attached hydrogens (tertiary/aromatic N) is 2. The van der Waals surface area contributed by atoms with Crippen LogP contribution < -0.4 is 14.8 Å². The number of hydrogen-bond acceptors (Lipinski definition) is 5. The van der Waals surface area contributed by atoms with Gasteiger partial charge in [-0.25, -0.2) is 0 Å². The molecule has 0 amide bonds. The zero-order valence-corrected chi connectivity index (χ0v) is 12.1. The molecule has 0 saturated heterocycles. The van der Waals surface area contributed by atoms with Gasteiger partial charge in [0.1, 0.15) is 0 Å². The van der Waals surface area contributed by atoms with Gasteiger partial charge >= 0.3 is 6.61 Å². The molecule has 1 aliphatic heterocycles. The van der Waals surface area contributed by atoms with Gasteiger partial charge < -0.3 is 19.7 Å². The fourth-order valence-corrected chi connectivity index (χ4v) is 2.03. The number of benzene rings is 1. The molecule has 1 N–H and O–H groups in total. The first kappa shape index (κ1) is 15.3. The van der Waals surface area contributed by atoms with Gasteiger partial charge in [0.15, 0.2) is 17.5 Å². The highest BCUT2D eigenvalue weighted by Gasteiger charge is 2.14. The first-order valence-corrected chi connectivity index (χ1v) is 6.80. The molecule has 0 bridgehead atoms. The number of nitrogens with one attached hydrogen (secondary N) is 1.